The number of benzene rings is 1. The number of thioether (sulfide) groups is 1. The molecule has 0 amide bonds. The topological polar surface area (TPSA) is 40.9 Å². The van der Waals surface area contributed by atoms with Gasteiger partial charge in [-0.1, -0.05) is 29.4 Å². The molecule has 0 radical (unpaired) electrons. The zero-order chi connectivity index (χ0) is 10.6. The molecular weight excluding hydrogens is 218 g/mol. The smallest absolute Gasteiger partial charge is 0.157 e. The molecule has 1 unspecified atom stereocenters. The van der Waals surface area contributed by atoms with E-state index in [4.69, 9.17) is 16.9 Å². The van der Waals surface area contributed by atoms with Crippen molar-refractivity contribution in [2.75, 3.05) is 0 Å². The van der Waals surface area contributed by atoms with E-state index in [2.05, 4.69) is 0 Å². The van der Waals surface area contributed by atoms with Gasteiger partial charge < -0.3 is 0 Å². The highest BCUT2D eigenvalue weighted by Gasteiger charge is 2.14. The number of carbonyl (C=O) groups excluding carboxylic acids is 1. The van der Waals surface area contributed by atoms with Gasteiger partial charge in [-0.15, -0.1) is 0 Å². The lowest BCUT2D eigenvalue weighted by Gasteiger charge is -2.04. The molecule has 0 saturated heterocycles. The van der Waals surface area contributed by atoms with Gasteiger partial charge in [0.2, 0.25) is 0 Å². The van der Waals surface area contributed by atoms with E-state index in [9.17, 15) is 4.79 Å². The van der Waals surface area contributed by atoms with Gasteiger partial charge in [0.15, 0.2) is 11.0 Å². The number of rotatable bonds is 3. The first-order chi connectivity index (χ1) is 6.63. The first-order valence-electron chi connectivity index (χ1n) is 3.96. The molecule has 0 aromatic heterocycles. The Labute approximate surface area is 91.9 Å². The van der Waals surface area contributed by atoms with Gasteiger partial charge in [-0.05, 0) is 25.1 Å². The fraction of sp³-hybridized carbons (Fsp3) is 0.200. The summed E-state index contributed by atoms with van der Waals surface area (Å²) in [5, 5.41) is 8.66. The van der Waals surface area contributed by atoms with E-state index in [-0.39, 0.29) is 5.78 Å². The van der Waals surface area contributed by atoms with E-state index in [0.29, 0.717) is 5.02 Å². The maximum atomic E-state index is 11.0. The van der Waals surface area contributed by atoms with Gasteiger partial charge in [-0.25, -0.2) is 0 Å². The number of hydrogen-bond acceptors (Lipinski definition) is 3. The molecule has 1 rings (SSSR count). The summed E-state index contributed by atoms with van der Waals surface area (Å²) >= 11 is 6.99. The number of Topliss-reactive ketones (excluding diaryl/α,β-unsaturated/α-hetero) is 1. The van der Waals surface area contributed by atoms with Gasteiger partial charge >= 0.3 is 0 Å². The molecule has 0 saturated carbocycles. The van der Waals surface area contributed by atoms with E-state index in [0.717, 1.165) is 4.90 Å². The van der Waals surface area contributed by atoms with Crippen LogP contribution < -0.4 is 0 Å². The summed E-state index contributed by atoms with van der Waals surface area (Å²) in [5.41, 5.74) is 0. The molecule has 0 spiro atoms. The molecule has 1 atom stereocenters. The molecule has 4 heteroatoms. The van der Waals surface area contributed by atoms with E-state index in [1.807, 2.05) is 12.1 Å². The number of carbonyl (C=O) groups is 1. The Kier molecular flexibility index (Phi) is 3.99. The zero-order valence-electron chi connectivity index (χ0n) is 7.53. The summed E-state index contributed by atoms with van der Waals surface area (Å²) in [5.74, 6) is -0.141. The van der Waals surface area contributed by atoms with Crippen LogP contribution in [0.2, 0.25) is 5.02 Å². The average Bonchev–Trinajstić information content (AvgIpc) is 2.14. The molecule has 2 nitrogen and oxygen atoms in total. The Hall–Kier alpha value is -0.980. The summed E-state index contributed by atoms with van der Waals surface area (Å²) in [4.78, 5) is 11.8. The zero-order valence-corrected chi connectivity index (χ0v) is 9.10. The molecule has 0 bridgehead atoms. The van der Waals surface area contributed by atoms with Crippen LogP contribution in [0.5, 0.6) is 0 Å². The van der Waals surface area contributed by atoms with Gasteiger partial charge in [0, 0.05) is 9.92 Å². The molecule has 0 N–H and O–H groups in total. The van der Waals surface area contributed by atoms with Gasteiger partial charge in [0.05, 0.1) is 6.07 Å². The van der Waals surface area contributed by atoms with E-state index in [1.165, 1.54) is 18.7 Å². The number of ketones is 1. The highest BCUT2D eigenvalue weighted by atomic mass is 35.5. The second-order valence-corrected chi connectivity index (χ2v) is 4.31. The van der Waals surface area contributed by atoms with Crippen LogP contribution in [0.1, 0.15) is 6.92 Å². The average molecular weight is 226 g/mol. The number of halogens is 1. The third-order valence-corrected chi connectivity index (χ3v) is 2.97. The lowest BCUT2D eigenvalue weighted by molar-refractivity contribution is -0.115. The molecule has 0 heterocycles. The first kappa shape index (κ1) is 11.1. The SMILES string of the molecule is CC(=O)C(C#N)Sc1cccc(Cl)c1. The third kappa shape index (κ3) is 3.06. The standard InChI is InChI=1S/C10H8ClNOS/c1-7(13)10(6-12)14-9-4-2-3-8(11)5-9/h2-5,10H,1H3. The minimum Gasteiger partial charge on any atom is -0.298 e. The minimum absolute atomic E-state index is 0.141. The Balaban J connectivity index is 2.78. The summed E-state index contributed by atoms with van der Waals surface area (Å²) in [6.45, 7) is 1.41. The maximum Gasteiger partial charge on any atom is 0.157 e. The van der Waals surface area contributed by atoms with Crippen LogP contribution in [-0.2, 0) is 4.79 Å². The van der Waals surface area contributed by atoms with Gasteiger partial charge in [-0.2, -0.15) is 5.26 Å². The fourth-order valence-electron chi connectivity index (χ4n) is 0.877. The van der Waals surface area contributed by atoms with Crippen LogP contribution in [0, 0.1) is 11.3 Å². The maximum absolute atomic E-state index is 11.0. The van der Waals surface area contributed by atoms with Crippen LogP contribution in [0.3, 0.4) is 0 Å². The fourth-order valence-corrected chi connectivity index (χ4v) is 1.97. The van der Waals surface area contributed by atoms with Gasteiger partial charge in [0.25, 0.3) is 0 Å². The molecule has 0 aliphatic heterocycles. The van der Waals surface area contributed by atoms with Crippen molar-refractivity contribution in [2.24, 2.45) is 0 Å². The van der Waals surface area contributed by atoms with Crippen molar-refractivity contribution in [1.29, 1.82) is 5.26 Å². The molecule has 72 valence electrons. The second kappa shape index (κ2) is 5.04. The number of nitriles is 1. The molecule has 1 aromatic carbocycles. The Morgan fingerprint density at radius 3 is 2.86 bits per heavy atom. The van der Waals surface area contributed by atoms with Crippen LogP contribution >= 0.6 is 23.4 Å². The summed E-state index contributed by atoms with van der Waals surface area (Å²) in [6.07, 6.45) is 0. The predicted molar refractivity (Wildman–Crippen MR) is 57.4 cm³/mol. The van der Waals surface area contributed by atoms with E-state index < -0.39 is 5.25 Å². The van der Waals surface area contributed by atoms with Crippen molar-refractivity contribution >= 4 is 29.1 Å². The Morgan fingerprint density at radius 1 is 1.64 bits per heavy atom. The largest absolute Gasteiger partial charge is 0.298 e. The van der Waals surface area contributed by atoms with Crippen molar-refractivity contribution in [1.82, 2.24) is 0 Å². The van der Waals surface area contributed by atoms with Crippen molar-refractivity contribution in [3.8, 4) is 6.07 Å². The summed E-state index contributed by atoms with van der Waals surface area (Å²) in [7, 11) is 0. The lowest BCUT2D eigenvalue weighted by atomic mass is 10.3. The molecule has 1 aromatic rings. The van der Waals surface area contributed by atoms with Crippen molar-refractivity contribution < 1.29 is 4.79 Å². The Bertz CT molecular complexity index is 386. The predicted octanol–water partition coefficient (Wildman–Crippen LogP) is 2.91. The summed E-state index contributed by atoms with van der Waals surface area (Å²) in [6, 6.07) is 9.04. The van der Waals surface area contributed by atoms with E-state index in [1.54, 1.807) is 18.2 Å². The molecule has 0 fully saturated rings. The summed E-state index contributed by atoms with van der Waals surface area (Å²) < 4.78 is 0. The lowest BCUT2D eigenvalue weighted by Crippen LogP contribution is -2.09. The van der Waals surface area contributed by atoms with Crippen molar-refractivity contribution in [2.45, 2.75) is 17.1 Å². The molecule has 0 aliphatic rings. The highest BCUT2D eigenvalue weighted by molar-refractivity contribution is 8.00. The van der Waals surface area contributed by atoms with Crippen molar-refractivity contribution in [3.63, 3.8) is 0 Å². The van der Waals surface area contributed by atoms with Crippen LogP contribution in [0.15, 0.2) is 29.2 Å². The minimum atomic E-state index is -0.645. The second-order valence-electron chi connectivity index (χ2n) is 2.70. The number of nitrogens with zero attached hydrogens (tertiary/aromatic N) is 1. The van der Waals surface area contributed by atoms with Crippen LogP contribution in [-0.4, -0.2) is 11.0 Å². The number of hydrogen-bond donors (Lipinski definition) is 0. The monoisotopic (exact) mass is 225 g/mol. The van der Waals surface area contributed by atoms with Crippen molar-refractivity contribution in [3.05, 3.63) is 29.3 Å². The quantitative estimate of drug-likeness (QED) is 0.743. The molecular formula is C10H8ClNOS. The van der Waals surface area contributed by atoms with Gasteiger partial charge in [0.1, 0.15) is 0 Å². The molecule has 14 heavy (non-hydrogen) atoms. The van der Waals surface area contributed by atoms with E-state index >= 15 is 0 Å². The van der Waals surface area contributed by atoms with Crippen LogP contribution in [0.25, 0.3) is 0 Å². The highest BCUT2D eigenvalue weighted by Crippen LogP contribution is 2.25. The third-order valence-electron chi connectivity index (χ3n) is 1.54. The van der Waals surface area contributed by atoms with Crippen LogP contribution in [0.4, 0.5) is 0 Å². The first-order valence-corrected chi connectivity index (χ1v) is 5.21. The normalized spacial score (nSPS) is 11.8. The molecule has 0 aliphatic carbocycles. The Morgan fingerprint density at radius 2 is 2.36 bits per heavy atom. The van der Waals surface area contributed by atoms with Gasteiger partial charge in [-0.3, -0.25) is 4.79 Å².